The lowest BCUT2D eigenvalue weighted by atomic mass is 9.44. The van der Waals surface area contributed by atoms with E-state index in [1.807, 2.05) is 0 Å². The molecule has 0 radical (unpaired) electrons. The van der Waals surface area contributed by atoms with Crippen LogP contribution in [0.5, 0.6) is 11.5 Å². The smallest absolute Gasteiger partial charge is 0.493 e. The second-order valence-electron chi connectivity index (χ2n) is 16.5. The van der Waals surface area contributed by atoms with Crippen LogP contribution in [0.4, 0.5) is 13.6 Å². The molecule has 0 aliphatic heterocycles. The number of ketones is 2. The molecule has 1 aromatic carbocycles. The maximum absolute atomic E-state index is 17.8. The first-order valence-electron chi connectivity index (χ1n) is 20.6. The zero-order chi connectivity index (χ0) is 47.0. The molecular formula is C42H54F2N2O18. The molecule has 0 spiro atoms. The first-order chi connectivity index (χ1) is 30.2. The van der Waals surface area contributed by atoms with Crippen LogP contribution >= 0.6 is 0 Å². The fraction of sp³-hybridized carbons (Fsp3) is 0.595. The quantitative estimate of drug-likeness (QED) is 0.0251. The number of unbranched alkanes of at least 4 members (excludes halogenated alkanes) is 3. The minimum Gasteiger partial charge on any atom is -0.493 e. The Morgan fingerprint density at radius 2 is 1.55 bits per heavy atom. The van der Waals surface area contributed by atoms with Gasteiger partial charge in [0.05, 0.1) is 43.8 Å². The molecule has 6 N–H and O–H groups in total. The molecule has 3 saturated carbocycles. The summed E-state index contributed by atoms with van der Waals surface area (Å²) >= 11 is 0. The van der Waals surface area contributed by atoms with Crippen LogP contribution < -0.4 is 9.47 Å². The van der Waals surface area contributed by atoms with Gasteiger partial charge in [-0.3, -0.25) is 44.9 Å². The van der Waals surface area contributed by atoms with Crippen LogP contribution in [-0.4, -0.2) is 135 Å². The molecule has 4 aliphatic rings. The summed E-state index contributed by atoms with van der Waals surface area (Å²) in [5.74, 6) is -5.98. The van der Waals surface area contributed by atoms with E-state index in [-0.39, 0.29) is 62.6 Å². The second-order valence-corrected chi connectivity index (χ2v) is 16.5. The van der Waals surface area contributed by atoms with Crippen LogP contribution in [0.2, 0.25) is 0 Å². The van der Waals surface area contributed by atoms with Crippen molar-refractivity contribution in [1.29, 1.82) is 0 Å². The third-order valence-electron chi connectivity index (χ3n) is 12.8. The predicted molar refractivity (Wildman–Crippen MR) is 209 cm³/mol. The molecule has 0 amide bonds. The number of methoxy groups -OCH3 is 1. The fourth-order valence-electron chi connectivity index (χ4n) is 9.83. The van der Waals surface area contributed by atoms with Crippen molar-refractivity contribution in [3.8, 4) is 11.5 Å². The van der Waals surface area contributed by atoms with Gasteiger partial charge in [-0.2, -0.15) is 0 Å². The largest absolute Gasteiger partial charge is 0.514 e. The van der Waals surface area contributed by atoms with Gasteiger partial charge in [-0.1, -0.05) is 25.5 Å². The molecule has 0 aromatic heterocycles. The van der Waals surface area contributed by atoms with Crippen molar-refractivity contribution >= 4 is 35.7 Å². The fourth-order valence-corrected chi connectivity index (χ4v) is 9.83. The third-order valence-corrected chi connectivity index (χ3v) is 12.8. The molecule has 9 atom stereocenters. The number of esters is 2. The maximum Gasteiger partial charge on any atom is 0.514 e. The Hall–Kier alpha value is -4.75. The summed E-state index contributed by atoms with van der Waals surface area (Å²) in [6, 6.07) is 4.16. The van der Waals surface area contributed by atoms with Crippen LogP contribution in [0.25, 0.3) is 6.08 Å². The van der Waals surface area contributed by atoms with Crippen molar-refractivity contribution in [1.82, 2.24) is 10.8 Å². The number of carbonyl (C=O) groups excluding carboxylic acids is 5. The van der Waals surface area contributed by atoms with Crippen LogP contribution in [0.1, 0.15) is 77.2 Å². The number of allylic oxidation sites excluding steroid dienone is 4. The number of alkyl halides is 2. The Bertz CT molecular complexity index is 1980. The molecule has 3 fully saturated rings. The number of carbonyl (C=O) groups is 5. The number of aliphatic hydroxyl groups excluding tert-OH is 2. The first-order valence-corrected chi connectivity index (χ1v) is 20.6. The van der Waals surface area contributed by atoms with Crippen molar-refractivity contribution in [3.63, 3.8) is 0 Å². The average Bonchev–Trinajstić information content (AvgIpc) is 3.45. The molecule has 0 bridgehead atoms. The highest BCUT2D eigenvalue weighted by molar-refractivity contribution is 6.01. The highest BCUT2D eigenvalue weighted by Crippen LogP contribution is 2.70. The van der Waals surface area contributed by atoms with E-state index < -0.39 is 112 Å². The number of ether oxygens (including phenoxy) is 5. The van der Waals surface area contributed by atoms with Crippen LogP contribution in [-0.2, 0) is 43.1 Å². The molecule has 4 aliphatic carbocycles. The van der Waals surface area contributed by atoms with Gasteiger partial charge >= 0.3 is 18.1 Å². The third kappa shape index (κ3) is 10.4. The Morgan fingerprint density at radius 3 is 2.22 bits per heavy atom. The average molecular weight is 913 g/mol. The Balaban J connectivity index is 1.32. The number of rotatable bonds is 21. The van der Waals surface area contributed by atoms with E-state index >= 15 is 8.78 Å². The van der Waals surface area contributed by atoms with E-state index in [0.29, 0.717) is 24.8 Å². The second kappa shape index (κ2) is 21.0. The summed E-state index contributed by atoms with van der Waals surface area (Å²) in [5.41, 5.74) is -8.43. The Morgan fingerprint density at radius 1 is 0.875 bits per heavy atom. The molecule has 20 nitrogen and oxygen atoms in total. The topological polar surface area (TPSA) is 278 Å². The van der Waals surface area contributed by atoms with E-state index in [0.717, 1.165) is 18.2 Å². The summed E-state index contributed by atoms with van der Waals surface area (Å²) < 4.78 is 60.8. The van der Waals surface area contributed by atoms with Crippen molar-refractivity contribution < 1.29 is 97.2 Å². The van der Waals surface area contributed by atoms with Crippen LogP contribution in [0, 0.1) is 22.7 Å². The molecule has 64 heavy (non-hydrogen) atoms. The molecule has 1 aromatic rings. The lowest BCUT2D eigenvalue weighted by molar-refractivity contribution is -0.492. The number of fused-ring (bicyclic) bond motifs is 5. The van der Waals surface area contributed by atoms with E-state index in [2.05, 4.69) is 9.68 Å². The molecule has 354 valence electrons. The SMILES string of the molecule is COc1cc(/C=C/C(=O)OCCCCON(O)O)ccc1OC(=O)OCC(=O)[C@@]1(OC(=O)CCCCCON(O)O)[C@H](O)CC2C3C[C@H](F)C4=CC(=O)C=C[C@]4(C)[C@@]3(F)[C@@H](O)C[C@@]21C. The molecule has 22 heteroatoms. The van der Waals surface area contributed by atoms with Crippen molar-refractivity contribution in [2.75, 3.05) is 33.5 Å². The highest BCUT2D eigenvalue weighted by atomic mass is 19.1. The van der Waals surface area contributed by atoms with Crippen LogP contribution in [0.15, 0.2) is 48.1 Å². The zero-order valence-electron chi connectivity index (χ0n) is 35.4. The van der Waals surface area contributed by atoms with Crippen molar-refractivity contribution in [2.24, 2.45) is 22.7 Å². The lowest BCUT2D eigenvalue weighted by Crippen LogP contribution is -2.71. The number of hydrogen-bond donors (Lipinski definition) is 6. The van der Waals surface area contributed by atoms with Gasteiger partial charge in [-0.05, 0) is 99.3 Å². The Kier molecular flexibility index (Phi) is 16.5. The Labute approximate surface area is 365 Å². The summed E-state index contributed by atoms with van der Waals surface area (Å²) in [7, 11) is 1.27. The van der Waals surface area contributed by atoms with Gasteiger partial charge in [0.15, 0.2) is 29.6 Å². The number of hydrogen-bond acceptors (Lipinski definition) is 20. The van der Waals surface area contributed by atoms with Gasteiger partial charge in [-0.25, -0.2) is 18.4 Å². The minimum absolute atomic E-state index is 0.00222. The van der Waals surface area contributed by atoms with E-state index in [1.54, 1.807) is 0 Å². The van der Waals surface area contributed by atoms with Crippen LogP contribution in [0.3, 0.4) is 0 Å². The van der Waals surface area contributed by atoms with Gasteiger partial charge in [0, 0.05) is 29.2 Å². The number of benzene rings is 1. The standard InChI is InChI=1S/C42H54F2N2O18/c1-39-15-14-26(47)20-29(39)30(43)21-28-27-22-33(48)42(40(27,2)23-34(49)41(28,39)44,64-37(52)9-5-4-6-17-61-45(54)55)35(50)24-60-38(53)63-31-12-10-25(19-32(31)58-3)11-13-36(51)59-16-7-8-18-62-46(56)57/h10-15,19-20,27-28,30,33-34,48-49,54-57H,4-9,16-18,21-24H2,1-3H3/b13-11+/t27?,28?,30-,33+,34-,39-,40-,41-,42-/m0/s1. The van der Waals surface area contributed by atoms with Gasteiger partial charge in [0.1, 0.15) is 12.3 Å². The highest BCUT2D eigenvalue weighted by Gasteiger charge is 2.79. The van der Waals surface area contributed by atoms with E-state index in [1.165, 1.54) is 51.3 Å². The number of halogens is 2. The summed E-state index contributed by atoms with van der Waals surface area (Å²) in [4.78, 5) is 74.5. The van der Waals surface area contributed by atoms with Gasteiger partial charge in [0.25, 0.3) is 0 Å². The van der Waals surface area contributed by atoms with Gasteiger partial charge < -0.3 is 33.9 Å². The minimum atomic E-state index is -2.59. The zero-order valence-corrected chi connectivity index (χ0v) is 35.4. The summed E-state index contributed by atoms with van der Waals surface area (Å²) in [5, 5.41) is 57.3. The first kappa shape index (κ1) is 50.3. The number of Topliss-reactive ketones (excluding diaryl/α,β-unsaturated/α-hetero) is 1. The molecule has 0 heterocycles. The molecule has 2 unspecified atom stereocenters. The number of nitrogens with zero attached hydrogens (tertiary/aromatic N) is 2. The molecule has 0 saturated heterocycles. The molecular weight excluding hydrogens is 858 g/mol. The lowest BCUT2D eigenvalue weighted by Gasteiger charge is -2.63. The van der Waals surface area contributed by atoms with Gasteiger partial charge in [0.2, 0.25) is 11.4 Å². The van der Waals surface area contributed by atoms with Gasteiger partial charge in [-0.15, -0.1) is 0 Å². The molecule has 5 rings (SSSR count). The predicted octanol–water partition coefficient (Wildman–Crippen LogP) is 4.27. The maximum atomic E-state index is 17.8. The summed E-state index contributed by atoms with van der Waals surface area (Å²) in [6.45, 7) is 1.56. The number of aliphatic hydroxyl groups is 2. The monoisotopic (exact) mass is 912 g/mol. The normalized spacial score (nSPS) is 30.7. The van der Waals surface area contributed by atoms with E-state index in [9.17, 15) is 34.2 Å². The van der Waals surface area contributed by atoms with Crippen molar-refractivity contribution in [3.05, 3.63) is 53.6 Å². The van der Waals surface area contributed by atoms with Crippen molar-refractivity contribution in [2.45, 2.75) is 101 Å². The summed E-state index contributed by atoms with van der Waals surface area (Å²) in [6.07, 6.45) is -1.51. The van der Waals surface area contributed by atoms with E-state index in [4.69, 9.17) is 44.5 Å².